The molecule has 0 aromatic heterocycles. The summed E-state index contributed by atoms with van der Waals surface area (Å²) in [5.41, 5.74) is 3.67. The van der Waals surface area contributed by atoms with Crippen LogP contribution in [0.5, 0.6) is 11.5 Å². The maximum atomic E-state index is 10.6. The zero-order valence-electron chi connectivity index (χ0n) is 16.0. The van der Waals surface area contributed by atoms with E-state index in [1.54, 1.807) is 6.07 Å². The molecular formula is C22H36O2. The molecule has 0 saturated heterocycles. The van der Waals surface area contributed by atoms with Gasteiger partial charge in [-0.2, -0.15) is 0 Å². The van der Waals surface area contributed by atoms with Crippen LogP contribution < -0.4 is 0 Å². The van der Waals surface area contributed by atoms with Gasteiger partial charge in [0.15, 0.2) is 0 Å². The molecule has 24 heavy (non-hydrogen) atoms. The van der Waals surface area contributed by atoms with Gasteiger partial charge in [0.05, 0.1) is 0 Å². The van der Waals surface area contributed by atoms with E-state index < -0.39 is 0 Å². The lowest BCUT2D eigenvalue weighted by atomic mass is 9.94. The Morgan fingerprint density at radius 1 is 0.958 bits per heavy atom. The van der Waals surface area contributed by atoms with E-state index in [2.05, 4.69) is 13.5 Å². The van der Waals surface area contributed by atoms with Gasteiger partial charge in [-0.1, -0.05) is 57.4 Å². The first kappa shape index (κ1) is 20.6. The van der Waals surface area contributed by atoms with E-state index in [-0.39, 0.29) is 0 Å². The number of benzene rings is 1. The Morgan fingerprint density at radius 3 is 2.12 bits per heavy atom. The first-order chi connectivity index (χ1) is 11.5. The second-order valence-electron chi connectivity index (χ2n) is 7.19. The molecule has 0 unspecified atom stereocenters. The van der Waals surface area contributed by atoms with Crippen LogP contribution in [0.3, 0.4) is 0 Å². The number of rotatable bonds is 12. The summed E-state index contributed by atoms with van der Waals surface area (Å²) in [6.07, 6.45) is 12.6. The zero-order valence-corrected chi connectivity index (χ0v) is 16.0. The van der Waals surface area contributed by atoms with Crippen LogP contribution in [-0.4, -0.2) is 10.2 Å². The third-order valence-electron chi connectivity index (χ3n) is 4.84. The molecule has 0 spiro atoms. The minimum absolute atomic E-state index is 0.305. The molecule has 0 bridgehead atoms. The Kier molecular flexibility index (Phi) is 9.59. The normalized spacial score (nSPS) is 11.0. The highest BCUT2D eigenvalue weighted by Crippen LogP contribution is 2.34. The number of phenolic OH excluding ortho intramolecular Hbond substituents is 2. The summed E-state index contributed by atoms with van der Waals surface area (Å²) in [7, 11) is 0. The predicted octanol–water partition coefficient (Wildman–Crippen LogP) is 6.60. The second kappa shape index (κ2) is 11.2. The van der Waals surface area contributed by atoms with Crippen LogP contribution in [0, 0.1) is 6.92 Å². The fraction of sp³-hybridized carbons (Fsp3) is 0.636. The molecule has 1 rings (SSSR count). The van der Waals surface area contributed by atoms with Crippen molar-refractivity contribution in [2.45, 2.75) is 91.4 Å². The van der Waals surface area contributed by atoms with Crippen molar-refractivity contribution < 1.29 is 10.2 Å². The number of unbranched alkanes of at least 4 members (excludes halogenated alkanes) is 7. The van der Waals surface area contributed by atoms with E-state index in [1.165, 1.54) is 44.9 Å². The predicted molar refractivity (Wildman–Crippen MR) is 104 cm³/mol. The van der Waals surface area contributed by atoms with E-state index in [4.69, 9.17) is 0 Å². The molecule has 0 fully saturated rings. The summed E-state index contributed by atoms with van der Waals surface area (Å²) in [5.74, 6) is 0.688. The number of aryl methyl sites for hydroxylation is 1. The average Bonchev–Trinajstić information content (AvgIpc) is 2.54. The molecule has 0 aliphatic carbocycles. The first-order valence-electron chi connectivity index (χ1n) is 9.65. The van der Waals surface area contributed by atoms with Gasteiger partial charge in [-0.05, 0) is 56.7 Å². The monoisotopic (exact) mass is 332 g/mol. The molecule has 0 amide bonds. The molecule has 0 radical (unpaired) electrons. The van der Waals surface area contributed by atoms with E-state index in [1.807, 2.05) is 13.8 Å². The van der Waals surface area contributed by atoms with Crippen molar-refractivity contribution in [3.8, 4) is 11.5 Å². The lowest BCUT2D eigenvalue weighted by Crippen LogP contribution is -1.97. The van der Waals surface area contributed by atoms with Crippen molar-refractivity contribution >= 4 is 0 Å². The minimum atomic E-state index is 0.305. The molecule has 0 atom stereocenters. The second-order valence-corrected chi connectivity index (χ2v) is 7.19. The van der Waals surface area contributed by atoms with Gasteiger partial charge < -0.3 is 10.2 Å². The maximum Gasteiger partial charge on any atom is 0.122 e. The Morgan fingerprint density at radius 2 is 1.54 bits per heavy atom. The first-order valence-corrected chi connectivity index (χ1v) is 9.65. The molecule has 0 aliphatic rings. The van der Waals surface area contributed by atoms with Gasteiger partial charge in [0.25, 0.3) is 0 Å². The molecular weight excluding hydrogens is 296 g/mol. The van der Waals surface area contributed by atoms with Gasteiger partial charge >= 0.3 is 0 Å². The number of allylic oxidation sites excluding steroid dienone is 1. The standard InChI is InChI=1S/C22H36O2/c1-5-6-7-8-9-10-11-12-13-19-16-21(23)18(4)20(22(19)24)15-14-17(2)3/h16,23-24H,2,5-15H2,1,3-4H3. The van der Waals surface area contributed by atoms with Crippen molar-refractivity contribution in [3.63, 3.8) is 0 Å². The van der Waals surface area contributed by atoms with Crippen LogP contribution >= 0.6 is 0 Å². The van der Waals surface area contributed by atoms with Crippen molar-refractivity contribution in [1.82, 2.24) is 0 Å². The quantitative estimate of drug-likeness (QED) is 0.257. The Labute approximate surface area is 148 Å². The van der Waals surface area contributed by atoms with Gasteiger partial charge in [0, 0.05) is 5.56 Å². The van der Waals surface area contributed by atoms with E-state index in [9.17, 15) is 10.2 Å². The molecule has 1 aromatic carbocycles. The highest BCUT2D eigenvalue weighted by atomic mass is 16.3. The van der Waals surface area contributed by atoms with Crippen molar-refractivity contribution in [2.24, 2.45) is 0 Å². The van der Waals surface area contributed by atoms with E-state index >= 15 is 0 Å². The van der Waals surface area contributed by atoms with Gasteiger partial charge in [-0.15, -0.1) is 6.58 Å². The molecule has 2 heteroatoms. The number of hydrogen-bond donors (Lipinski definition) is 2. The van der Waals surface area contributed by atoms with Gasteiger partial charge in [0.1, 0.15) is 11.5 Å². The Bertz CT molecular complexity index is 517. The summed E-state index contributed by atoms with van der Waals surface area (Å²) in [4.78, 5) is 0. The highest BCUT2D eigenvalue weighted by molar-refractivity contribution is 5.52. The fourth-order valence-electron chi connectivity index (χ4n) is 3.15. The third-order valence-corrected chi connectivity index (χ3v) is 4.84. The summed E-state index contributed by atoms with van der Waals surface area (Å²) in [6.45, 7) is 10.0. The van der Waals surface area contributed by atoms with Crippen LogP contribution in [0.1, 0.15) is 88.3 Å². The van der Waals surface area contributed by atoms with Crippen LogP contribution in [0.15, 0.2) is 18.2 Å². The Balaban J connectivity index is 2.51. The third kappa shape index (κ3) is 6.98. The van der Waals surface area contributed by atoms with Crippen LogP contribution in [-0.2, 0) is 12.8 Å². The molecule has 0 heterocycles. The summed E-state index contributed by atoms with van der Waals surface area (Å²) < 4.78 is 0. The molecule has 1 aromatic rings. The van der Waals surface area contributed by atoms with E-state index in [0.717, 1.165) is 47.9 Å². The maximum absolute atomic E-state index is 10.6. The summed E-state index contributed by atoms with van der Waals surface area (Å²) in [5, 5.41) is 20.7. The topological polar surface area (TPSA) is 40.5 Å². The molecule has 0 aliphatic heterocycles. The van der Waals surface area contributed by atoms with E-state index in [0.29, 0.717) is 11.5 Å². The highest BCUT2D eigenvalue weighted by Gasteiger charge is 2.14. The largest absolute Gasteiger partial charge is 0.508 e. The fourth-order valence-corrected chi connectivity index (χ4v) is 3.15. The van der Waals surface area contributed by atoms with Gasteiger partial charge in [0.2, 0.25) is 0 Å². The lowest BCUT2D eigenvalue weighted by Gasteiger charge is -2.15. The molecule has 136 valence electrons. The number of aromatic hydroxyl groups is 2. The SMILES string of the molecule is C=C(C)CCc1c(C)c(O)cc(CCCCCCCCCC)c1O. The zero-order chi connectivity index (χ0) is 17.9. The Hall–Kier alpha value is -1.44. The smallest absolute Gasteiger partial charge is 0.122 e. The molecule has 0 saturated carbocycles. The molecule has 2 N–H and O–H groups in total. The van der Waals surface area contributed by atoms with Crippen molar-refractivity contribution in [1.29, 1.82) is 0 Å². The van der Waals surface area contributed by atoms with Crippen molar-refractivity contribution in [2.75, 3.05) is 0 Å². The van der Waals surface area contributed by atoms with Crippen LogP contribution in [0.4, 0.5) is 0 Å². The average molecular weight is 333 g/mol. The van der Waals surface area contributed by atoms with Gasteiger partial charge in [-0.25, -0.2) is 0 Å². The summed E-state index contributed by atoms with van der Waals surface area (Å²) >= 11 is 0. The summed E-state index contributed by atoms with van der Waals surface area (Å²) in [6, 6.07) is 1.75. The van der Waals surface area contributed by atoms with Gasteiger partial charge in [-0.3, -0.25) is 0 Å². The van der Waals surface area contributed by atoms with Crippen molar-refractivity contribution in [3.05, 3.63) is 34.9 Å². The number of phenols is 2. The molecule has 2 nitrogen and oxygen atoms in total. The minimum Gasteiger partial charge on any atom is -0.508 e. The lowest BCUT2D eigenvalue weighted by molar-refractivity contribution is 0.442. The van der Waals surface area contributed by atoms with Crippen LogP contribution in [0.2, 0.25) is 0 Å². The number of hydrogen-bond acceptors (Lipinski definition) is 2. The van der Waals surface area contributed by atoms with Crippen LogP contribution in [0.25, 0.3) is 0 Å².